The van der Waals surface area contributed by atoms with Crippen LogP contribution in [0.4, 0.5) is 18.0 Å². The Hall–Kier alpha value is -2.33. The number of likely N-dealkylation sites (tertiary alicyclic amines) is 1. The topological polar surface area (TPSA) is 91.6 Å². The van der Waals surface area contributed by atoms with Gasteiger partial charge in [-0.1, -0.05) is 13.3 Å². The number of hydrogen-bond donors (Lipinski definition) is 1. The van der Waals surface area contributed by atoms with Crippen molar-refractivity contribution in [1.29, 1.82) is 0 Å². The van der Waals surface area contributed by atoms with E-state index in [-0.39, 0.29) is 49.7 Å². The van der Waals surface area contributed by atoms with Gasteiger partial charge in [0.05, 0.1) is 6.54 Å². The molecule has 2 amide bonds. The number of piperidine rings is 1. The van der Waals surface area contributed by atoms with E-state index in [0.717, 1.165) is 4.57 Å². The van der Waals surface area contributed by atoms with Crippen molar-refractivity contribution in [2.75, 3.05) is 19.6 Å². The number of aromatic nitrogens is 3. The number of amides is 2. The summed E-state index contributed by atoms with van der Waals surface area (Å²) in [4.78, 5) is 26.8. The molecule has 0 radical (unpaired) electrons. The molecule has 0 saturated carbocycles. The van der Waals surface area contributed by atoms with Crippen LogP contribution >= 0.6 is 0 Å². The average molecular weight is 375 g/mol. The number of rotatable bonds is 2. The summed E-state index contributed by atoms with van der Waals surface area (Å²) in [6, 6.07) is 0. The van der Waals surface area contributed by atoms with Gasteiger partial charge < -0.3 is 19.5 Å². The third kappa shape index (κ3) is 3.34. The number of nitrogens with zero attached hydrogens (tertiary/aromatic N) is 5. The van der Waals surface area contributed by atoms with E-state index in [1.165, 1.54) is 9.80 Å². The van der Waals surface area contributed by atoms with Gasteiger partial charge in [0, 0.05) is 32.1 Å². The Morgan fingerprint density at radius 1 is 1.19 bits per heavy atom. The van der Waals surface area contributed by atoms with Crippen LogP contribution in [0.1, 0.15) is 31.4 Å². The maximum atomic E-state index is 12.9. The lowest BCUT2D eigenvalue weighted by Crippen LogP contribution is -2.50. The summed E-state index contributed by atoms with van der Waals surface area (Å²) in [5, 5.41) is 15.9. The summed E-state index contributed by atoms with van der Waals surface area (Å²) < 4.78 is 39.7. The highest BCUT2D eigenvalue weighted by Crippen LogP contribution is 2.32. The molecular weight excluding hydrogens is 355 g/mol. The normalized spacial score (nSPS) is 23.7. The van der Waals surface area contributed by atoms with Crippen LogP contribution in [0.5, 0.6) is 0 Å². The second-order valence-electron chi connectivity index (χ2n) is 6.64. The third-order valence-electron chi connectivity index (χ3n) is 5.16. The molecule has 1 aromatic heterocycles. The standard InChI is InChI=1S/C15H20F3N5O3/c1-2-9-7-22(14(25)26)4-3-10(9)12(24)21-5-6-23-11(8-21)19-20-13(23)15(16,17)18/h9-10H,2-8H2,1H3,(H,25,26)/t9-,10+/m1/s1. The predicted molar refractivity (Wildman–Crippen MR) is 81.9 cm³/mol. The summed E-state index contributed by atoms with van der Waals surface area (Å²) in [5.74, 6) is -1.50. The van der Waals surface area contributed by atoms with Crippen molar-refractivity contribution in [2.45, 2.75) is 39.0 Å². The van der Waals surface area contributed by atoms with E-state index in [9.17, 15) is 22.8 Å². The molecule has 0 unspecified atom stereocenters. The van der Waals surface area contributed by atoms with Crippen LogP contribution in [-0.2, 0) is 24.1 Å². The van der Waals surface area contributed by atoms with Gasteiger partial charge in [-0.3, -0.25) is 4.79 Å². The molecule has 11 heteroatoms. The van der Waals surface area contributed by atoms with E-state index in [0.29, 0.717) is 19.4 Å². The van der Waals surface area contributed by atoms with Crippen LogP contribution in [0.3, 0.4) is 0 Å². The summed E-state index contributed by atoms with van der Waals surface area (Å²) in [5.41, 5.74) is 0. The van der Waals surface area contributed by atoms with Crippen LogP contribution in [-0.4, -0.2) is 61.3 Å². The van der Waals surface area contributed by atoms with Crippen molar-refractivity contribution in [1.82, 2.24) is 24.6 Å². The van der Waals surface area contributed by atoms with E-state index < -0.39 is 18.1 Å². The van der Waals surface area contributed by atoms with Crippen molar-refractivity contribution >= 4 is 12.0 Å². The molecule has 2 aliphatic rings. The van der Waals surface area contributed by atoms with Gasteiger partial charge in [-0.05, 0) is 12.3 Å². The number of carbonyl (C=O) groups excluding carboxylic acids is 1. The van der Waals surface area contributed by atoms with Crippen LogP contribution in [0.2, 0.25) is 0 Å². The van der Waals surface area contributed by atoms with Crippen LogP contribution < -0.4 is 0 Å². The zero-order chi connectivity index (χ0) is 19.1. The Balaban J connectivity index is 1.72. The Morgan fingerprint density at radius 3 is 2.54 bits per heavy atom. The molecule has 1 aromatic rings. The molecule has 3 rings (SSSR count). The average Bonchev–Trinajstić information content (AvgIpc) is 3.03. The molecule has 1 saturated heterocycles. The first-order valence-electron chi connectivity index (χ1n) is 8.48. The van der Waals surface area contributed by atoms with Gasteiger partial charge in [0.15, 0.2) is 5.82 Å². The molecule has 1 fully saturated rings. The summed E-state index contributed by atoms with van der Waals surface area (Å²) in [6.45, 7) is 2.61. The Kier molecular flexibility index (Phi) is 4.80. The summed E-state index contributed by atoms with van der Waals surface area (Å²) in [7, 11) is 0. The monoisotopic (exact) mass is 375 g/mol. The van der Waals surface area contributed by atoms with Gasteiger partial charge in [-0.2, -0.15) is 13.2 Å². The Bertz CT molecular complexity index is 705. The van der Waals surface area contributed by atoms with Crippen molar-refractivity contribution < 1.29 is 27.9 Å². The van der Waals surface area contributed by atoms with Crippen molar-refractivity contribution in [3.8, 4) is 0 Å². The van der Waals surface area contributed by atoms with E-state index in [2.05, 4.69) is 10.2 Å². The fourth-order valence-corrected chi connectivity index (χ4v) is 3.73. The first-order chi connectivity index (χ1) is 12.2. The van der Waals surface area contributed by atoms with Gasteiger partial charge in [0.25, 0.3) is 0 Å². The highest BCUT2D eigenvalue weighted by atomic mass is 19.4. The molecule has 144 valence electrons. The number of carbonyl (C=O) groups is 2. The minimum absolute atomic E-state index is 0.00627. The molecule has 8 nitrogen and oxygen atoms in total. The molecule has 2 aliphatic heterocycles. The van der Waals surface area contributed by atoms with Crippen molar-refractivity contribution in [3.63, 3.8) is 0 Å². The molecule has 0 spiro atoms. The van der Waals surface area contributed by atoms with Gasteiger partial charge in [-0.25, -0.2) is 4.79 Å². The van der Waals surface area contributed by atoms with Crippen LogP contribution in [0.15, 0.2) is 0 Å². The minimum Gasteiger partial charge on any atom is -0.465 e. The fourth-order valence-electron chi connectivity index (χ4n) is 3.73. The molecule has 1 N–H and O–H groups in total. The second kappa shape index (κ2) is 6.76. The van der Waals surface area contributed by atoms with Gasteiger partial charge in [0.2, 0.25) is 11.7 Å². The number of alkyl halides is 3. The van der Waals surface area contributed by atoms with Gasteiger partial charge in [-0.15, -0.1) is 10.2 Å². The predicted octanol–water partition coefficient (Wildman–Crippen LogP) is 1.67. The second-order valence-corrected chi connectivity index (χ2v) is 6.64. The SMILES string of the molecule is CC[C@@H]1CN(C(=O)O)CC[C@@H]1C(=O)N1CCn2c(nnc2C(F)(F)F)C1. The van der Waals surface area contributed by atoms with Gasteiger partial charge >= 0.3 is 12.3 Å². The molecule has 0 bridgehead atoms. The highest BCUT2D eigenvalue weighted by molar-refractivity contribution is 5.79. The molecule has 3 heterocycles. The quantitative estimate of drug-likeness (QED) is 0.849. The van der Waals surface area contributed by atoms with Crippen LogP contribution in [0.25, 0.3) is 0 Å². The Labute approximate surface area is 147 Å². The van der Waals surface area contributed by atoms with E-state index in [4.69, 9.17) is 5.11 Å². The zero-order valence-corrected chi connectivity index (χ0v) is 14.2. The van der Waals surface area contributed by atoms with E-state index in [1.807, 2.05) is 6.92 Å². The Morgan fingerprint density at radius 2 is 1.92 bits per heavy atom. The van der Waals surface area contributed by atoms with E-state index >= 15 is 0 Å². The molecule has 26 heavy (non-hydrogen) atoms. The molecule has 2 atom stereocenters. The molecule has 0 aliphatic carbocycles. The number of carboxylic acid groups (broad SMARTS) is 1. The molecule has 0 aromatic carbocycles. The first-order valence-corrected chi connectivity index (χ1v) is 8.48. The van der Waals surface area contributed by atoms with E-state index in [1.54, 1.807) is 0 Å². The summed E-state index contributed by atoms with van der Waals surface area (Å²) >= 11 is 0. The van der Waals surface area contributed by atoms with Gasteiger partial charge in [0.1, 0.15) is 0 Å². The smallest absolute Gasteiger partial charge is 0.451 e. The first kappa shape index (κ1) is 18.5. The maximum Gasteiger partial charge on any atom is 0.451 e. The third-order valence-corrected chi connectivity index (χ3v) is 5.16. The lowest BCUT2D eigenvalue weighted by atomic mass is 9.82. The largest absolute Gasteiger partial charge is 0.465 e. The number of fused-ring (bicyclic) bond motifs is 1. The number of hydrogen-bond acceptors (Lipinski definition) is 4. The lowest BCUT2D eigenvalue weighted by Gasteiger charge is -2.39. The minimum atomic E-state index is -4.58. The highest BCUT2D eigenvalue weighted by Gasteiger charge is 2.41. The van der Waals surface area contributed by atoms with Crippen LogP contribution in [0, 0.1) is 11.8 Å². The molecular formula is C15H20F3N5O3. The van der Waals surface area contributed by atoms with Crippen molar-refractivity contribution in [3.05, 3.63) is 11.6 Å². The zero-order valence-electron chi connectivity index (χ0n) is 14.2. The maximum absolute atomic E-state index is 12.9. The van der Waals surface area contributed by atoms with Crippen molar-refractivity contribution in [2.24, 2.45) is 11.8 Å². The fraction of sp³-hybridized carbons (Fsp3) is 0.733. The number of halogens is 3. The lowest BCUT2D eigenvalue weighted by molar-refractivity contribution is -0.148. The summed E-state index contributed by atoms with van der Waals surface area (Å²) in [6.07, 6.45) is -4.50.